The number of nitrogens with zero attached hydrogens (tertiary/aromatic N) is 1. The summed E-state index contributed by atoms with van der Waals surface area (Å²) in [4.78, 5) is 14.6. The molecule has 4 heteroatoms. The summed E-state index contributed by atoms with van der Waals surface area (Å²) in [6.07, 6.45) is 1.05. The minimum atomic E-state index is -0.324. The summed E-state index contributed by atoms with van der Waals surface area (Å²) < 4.78 is 5.18. The molecule has 1 atom stereocenters. The smallest absolute Gasteiger partial charge is 0.254 e. The van der Waals surface area contributed by atoms with Gasteiger partial charge in [0, 0.05) is 18.7 Å². The van der Waals surface area contributed by atoms with Crippen LogP contribution in [0, 0.1) is 12.3 Å². The molecular formula is C17H25NO3. The third-order valence-corrected chi connectivity index (χ3v) is 4.09. The monoisotopic (exact) mass is 291 g/mol. The number of likely N-dealkylation sites (tertiary alicyclic amines) is 1. The van der Waals surface area contributed by atoms with Crippen LogP contribution in [0.1, 0.15) is 42.6 Å². The van der Waals surface area contributed by atoms with Gasteiger partial charge in [-0.1, -0.05) is 13.8 Å². The number of benzene rings is 1. The zero-order valence-electron chi connectivity index (χ0n) is 13.3. The number of hydrogen-bond acceptors (Lipinski definition) is 3. The number of carbonyl (C=O) groups is 1. The molecule has 1 aromatic rings. The summed E-state index contributed by atoms with van der Waals surface area (Å²) in [5.74, 6) is 0.799. The number of rotatable bonds is 2. The lowest BCUT2D eigenvalue weighted by Gasteiger charge is -2.30. The van der Waals surface area contributed by atoms with Crippen molar-refractivity contribution in [3.63, 3.8) is 0 Å². The highest BCUT2D eigenvalue weighted by atomic mass is 16.5. The van der Waals surface area contributed by atoms with Crippen LogP contribution in [0.3, 0.4) is 0 Å². The second-order valence-corrected chi connectivity index (χ2v) is 6.72. The number of hydrogen-bond donors (Lipinski definition) is 1. The fourth-order valence-electron chi connectivity index (χ4n) is 3.05. The van der Waals surface area contributed by atoms with Gasteiger partial charge in [0.15, 0.2) is 0 Å². The highest BCUT2D eigenvalue weighted by Crippen LogP contribution is 2.29. The topological polar surface area (TPSA) is 49.8 Å². The van der Waals surface area contributed by atoms with E-state index in [-0.39, 0.29) is 17.4 Å². The maximum Gasteiger partial charge on any atom is 0.254 e. The Kier molecular flexibility index (Phi) is 4.57. The van der Waals surface area contributed by atoms with Gasteiger partial charge in [-0.15, -0.1) is 0 Å². The van der Waals surface area contributed by atoms with Gasteiger partial charge in [0.05, 0.1) is 13.2 Å². The molecule has 4 nitrogen and oxygen atoms in total. The number of amides is 1. The molecule has 0 radical (unpaired) electrons. The van der Waals surface area contributed by atoms with Crippen molar-refractivity contribution in [1.82, 2.24) is 4.90 Å². The van der Waals surface area contributed by atoms with E-state index < -0.39 is 0 Å². The van der Waals surface area contributed by atoms with Gasteiger partial charge in [-0.3, -0.25) is 4.79 Å². The fourth-order valence-corrected chi connectivity index (χ4v) is 3.05. The average molecular weight is 291 g/mol. The van der Waals surface area contributed by atoms with Crippen LogP contribution in [-0.4, -0.2) is 42.2 Å². The van der Waals surface area contributed by atoms with Gasteiger partial charge in [0.1, 0.15) is 5.75 Å². The minimum Gasteiger partial charge on any atom is -0.497 e. The molecule has 0 saturated carbocycles. The molecule has 0 bridgehead atoms. The molecule has 2 rings (SSSR count). The van der Waals surface area contributed by atoms with E-state index in [4.69, 9.17) is 4.74 Å². The van der Waals surface area contributed by atoms with Crippen molar-refractivity contribution in [1.29, 1.82) is 0 Å². The Hall–Kier alpha value is -1.55. The van der Waals surface area contributed by atoms with E-state index in [9.17, 15) is 9.90 Å². The third kappa shape index (κ3) is 3.76. The quantitative estimate of drug-likeness (QED) is 0.911. The number of ether oxygens (including phenoxy) is 1. The van der Waals surface area contributed by atoms with Crippen molar-refractivity contribution < 1.29 is 14.6 Å². The van der Waals surface area contributed by atoms with Gasteiger partial charge in [0.2, 0.25) is 0 Å². The molecule has 0 spiro atoms. The fraction of sp³-hybridized carbons (Fsp3) is 0.588. The maximum absolute atomic E-state index is 12.8. The van der Waals surface area contributed by atoms with E-state index >= 15 is 0 Å². The van der Waals surface area contributed by atoms with E-state index in [1.165, 1.54) is 0 Å². The molecule has 1 aliphatic rings. The predicted molar refractivity (Wildman–Crippen MR) is 82.7 cm³/mol. The van der Waals surface area contributed by atoms with Crippen LogP contribution in [0.2, 0.25) is 0 Å². The Morgan fingerprint density at radius 3 is 2.76 bits per heavy atom. The van der Waals surface area contributed by atoms with Crippen molar-refractivity contribution in [3.8, 4) is 5.75 Å². The minimum absolute atomic E-state index is 0.0392. The molecule has 1 N–H and O–H groups in total. The molecule has 0 unspecified atom stereocenters. The van der Waals surface area contributed by atoms with Crippen LogP contribution in [0.15, 0.2) is 18.2 Å². The summed E-state index contributed by atoms with van der Waals surface area (Å²) >= 11 is 0. The van der Waals surface area contributed by atoms with Crippen molar-refractivity contribution in [2.45, 2.75) is 39.7 Å². The molecule has 1 aromatic carbocycles. The summed E-state index contributed by atoms with van der Waals surface area (Å²) in [5.41, 5.74) is 1.57. The zero-order chi connectivity index (χ0) is 15.6. The van der Waals surface area contributed by atoms with Gasteiger partial charge in [0.25, 0.3) is 5.91 Å². The lowest BCUT2D eigenvalue weighted by atomic mass is 9.87. The van der Waals surface area contributed by atoms with Crippen LogP contribution in [-0.2, 0) is 0 Å². The van der Waals surface area contributed by atoms with E-state index in [1.807, 2.05) is 30.0 Å². The molecule has 21 heavy (non-hydrogen) atoms. The lowest BCUT2D eigenvalue weighted by molar-refractivity contribution is 0.0704. The second-order valence-electron chi connectivity index (χ2n) is 6.72. The molecule has 0 aliphatic carbocycles. The molecule has 116 valence electrons. The number of aryl methyl sites for hydroxylation is 1. The first-order chi connectivity index (χ1) is 9.82. The molecule has 1 heterocycles. The molecule has 1 aliphatic heterocycles. The van der Waals surface area contributed by atoms with Crippen molar-refractivity contribution in [2.24, 2.45) is 5.41 Å². The number of aliphatic hydroxyl groups is 1. The van der Waals surface area contributed by atoms with Gasteiger partial charge < -0.3 is 14.7 Å². The van der Waals surface area contributed by atoms with E-state index in [0.29, 0.717) is 25.1 Å². The van der Waals surface area contributed by atoms with Crippen LogP contribution >= 0.6 is 0 Å². The summed E-state index contributed by atoms with van der Waals surface area (Å²) in [5, 5.41) is 9.96. The average Bonchev–Trinajstić information content (AvgIpc) is 2.55. The standard InChI is InChI=1S/C17H25NO3/c1-12-9-14(21-4)5-6-15(12)16(20)18-8-7-13(19)10-17(2,3)11-18/h5-6,9,13,19H,7-8,10-11H2,1-4H3/t13-/m1/s1. The first-order valence-electron chi connectivity index (χ1n) is 7.44. The van der Waals surface area contributed by atoms with Crippen molar-refractivity contribution in [2.75, 3.05) is 20.2 Å². The summed E-state index contributed by atoms with van der Waals surface area (Å²) in [6.45, 7) is 7.40. The predicted octanol–water partition coefficient (Wildman–Crippen LogP) is 2.63. The Morgan fingerprint density at radius 2 is 2.14 bits per heavy atom. The molecule has 1 amide bonds. The highest BCUT2D eigenvalue weighted by Gasteiger charge is 2.31. The van der Waals surface area contributed by atoms with Crippen LogP contribution < -0.4 is 4.74 Å². The number of methoxy groups -OCH3 is 1. The normalized spacial score (nSPS) is 21.8. The summed E-state index contributed by atoms with van der Waals surface area (Å²) in [6, 6.07) is 5.52. The lowest BCUT2D eigenvalue weighted by Crippen LogP contribution is -2.37. The zero-order valence-corrected chi connectivity index (χ0v) is 13.3. The van der Waals surface area contributed by atoms with Crippen molar-refractivity contribution >= 4 is 5.91 Å². The largest absolute Gasteiger partial charge is 0.497 e. The molecule has 0 aromatic heterocycles. The molecule has 1 saturated heterocycles. The van der Waals surface area contributed by atoms with E-state index in [2.05, 4.69) is 13.8 Å². The number of carbonyl (C=O) groups excluding carboxylic acids is 1. The maximum atomic E-state index is 12.8. The molecule has 1 fully saturated rings. The van der Waals surface area contributed by atoms with Crippen LogP contribution in [0.25, 0.3) is 0 Å². The first-order valence-corrected chi connectivity index (χ1v) is 7.44. The summed E-state index contributed by atoms with van der Waals surface area (Å²) in [7, 11) is 1.62. The van der Waals surface area contributed by atoms with Gasteiger partial charge in [-0.05, 0) is 48.9 Å². The first kappa shape index (κ1) is 15.8. The van der Waals surface area contributed by atoms with Gasteiger partial charge in [-0.25, -0.2) is 0 Å². The Balaban J connectivity index is 2.22. The Morgan fingerprint density at radius 1 is 1.43 bits per heavy atom. The third-order valence-electron chi connectivity index (χ3n) is 4.09. The van der Waals surface area contributed by atoms with Gasteiger partial charge >= 0.3 is 0 Å². The molecular weight excluding hydrogens is 266 g/mol. The van der Waals surface area contributed by atoms with E-state index in [1.54, 1.807) is 7.11 Å². The number of aliphatic hydroxyl groups excluding tert-OH is 1. The second kappa shape index (κ2) is 6.06. The van der Waals surface area contributed by atoms with Gasteiger partial charge in [-0.2, -0.15) is 0 Å². The highest BCUT2D eigenvalue weighted by molar-refractivity contribution is 5.95. The van der Waals surface area contributed by atoms with E-state index in [0.717, 1.165) is 17.7 Å². The van der Waals surface area contributed by atoms with Crippen molar-refractivity contribution in [3.05, 3.63) is 29.3 Å². The Bertz CT molecular complexity index is 525. The Labute approximate surface area is 126 Å². The van der Waals surface area contributed by atoms with Crippen LogP contribution in [0.4, 0.5) is 0 Å². The SMILES string of the molecule is COc1ccc(C(=O)N2CC[C@@H](O)CC(C)(C)C2)c(C)c1. The van der Waals surface area contributed by atoms with Crippen LogP contribution in [0.5, 0.6) is 5.75 Å².